The summed E-state index contributed by atoms with van der Waals surface area (Å²) in [5, 5.41) is 9.08. The molecule has 8 heteroatoms. The summed E-state index contributed by atoms with van der Waals surface area (Å²) in [6.45, 7) is 0. The van der Waals surface area contributed by atoms with E-state index in [2.05, 4.69) is 0 Å². The quantitative estimate of drug-likeness (QED) is 0.583. The van der Waals surface area contributed by atoms with E-state index in [1.54, 1.807) is 30.3 Å². The Hall–Kier alpha value is -3.39. The molecule has 0 bridgehead atoms. The van der Waals surface area contributed by atoms with Crippen molar-refractivity contribution >= 4 is 15.8 Å². The van der Waals surface area contributed by atoms with Gasteiger partial charge in [-0.05, 0) is 23.8 Å². The first kappa shape index (κ1) is 17.0. The first-order valence-corrected chi connectivity index (χ1v) is 9.37. The largest absolute Gasteiger partial charge is 0.497 e. The molecule has 1 N–H and O–H groups in total. The SMILES string of the molecule is COc1ccc2c(c1)-n1c(c(C(=O)O)cc(-c3ccccc3)c1=O)S2(=O)=O. The standard InChI is InChI=1S/C19H13NO6S/c1-26-12-7-8-16-15(9-12)20-17(21)13(11-5-3-2-4-6-11)10-14(19(22)23)18(20)27(16,24)25/h2-10H,1H3,(H,22,23). The highest BCUT2D eigenvalue weighted by atomic mass is 32.2. The minimum atomic E-state index is -4.16. The van der Waals surface area contributed by atoms with Crippen LogP contribution in [0.2, 0.25) is 0 Å². The molecule has 0 saturated carbocycles. The Morgan fingerprint density at radius 3 is 2.41 bits per heavy atom. The smallest absolute Gasteiger partial charge is 0.338 e. The molecule has 2 aromatic carbocycles. The number of carboxylic acids is 1. The Morgan fingerprint density at radius 2 is 1.78 bits per heavy atom. The van der Waals surface area contributed by atoms with Crippen LogP contribution in [0.4, 0.5) is 0 Å². The van der Waals surface area contributed by atoms with Gasteiger partial charge in [-0.3, -0.25) is 9.36 Å². The first-order chi connectivity index (χ1) is 12.9. The fourth-order valence-corrected chi connectivity index (χ4v) is 4.93. The minimum Gasteiger partial charge on any atom is -0.497 e. The number of rotatable bonds is 3. The molecule has 0 atom stereocenters. The van der Waals surface area contributed by atoms with Gasteiger partial charge in [0.25, 0.3) is 5.56 Å². The molecule has 0 radical (unpaired) electrons. The number of hydrogen-bond donors (Lipinski definition) is 1. The van der Waals surface area contributed by atoms with Crippen molar-refractivity contribution in [3.63, 3.8) is 0 Å². The van der Waals surface area contributed by atoms with Gasteiger partial charge in [-0.25, -0.2) is 13.2 Å². The maximum atomic E-state index is 13.2. The molecular formula is C19H13NO6S. The summed E-state index contributed by atoms with van der Waals surface area (Å²) < 4.78 is 31.9. The fraction of sp³-hybridized carbons (Fsp3) is 0.0526. The normalized spacial score (nSPS) is 13.7. The molecule has 0 aliphatic carbocycles. The van der Waals surface area contributed by atoms with Gasteiger partial charge in [0.1, 0.15) is 5.75 Å². The summed E-state index contributed by atoms with van der Waals surface area (Å²) in [6, 6.07) is 13.8. The number of carboxylic acid groups (broad SMARTS) is 1. The highest BCUT2D eigenvalue weighted by molar-refractivity contribution is 7.91. The number of fused-ring (bicyclic) bond motifs is 3. The van der Waals surface area contributed by atoms with Gasteiger partial charge in [0.2, 0.25) is 9.84 Å². The van der Waals surface area contributed by atoms with Crippen LogP contribution < -0.4 is 10.3 Å². The van der Waals surface area contributed by atoms with Crippen LogP contribution >= 0.6 is 0 Å². The Morgan fingerprint density at radius 1 is 1.07 bits per heavy atom. The van der Waals surface area contributed by atoms with Gasteiger partial charge in [-0.15, -0.1) is 0 Å². The number of sulfone groups is 1. The van der Waals surface area contributed by atoms with Crippen LogP contribution in [0, 0.1) is 0 Å². The number of methoxy groups -OCH3 is 1. The third-order valence-electron chi connectivity index (χ3n) is 4.42. The van der Waals surface area contributed by atoms with Crippen LogP contribution in [-0.4, -0.2) is 31.2 Å². The maximum absolute atomic E-state index is 13.2. The zero-order valence-electron chi connectivity index (χ0n) is 14.0. The molecule has 4 rings (SSSR count). The molecule has 0 unspecified atom stereocenters. The van der Waals surface area contributed by atoms with E-state index in [1.165, 1.54) is 25.3 Å². The summed E-state index contributed by atoms with van der Waals surface area (Å²) in [5.41, 5.74) is -0.397. The highest BCUT2D eigenvalue weighted by Crippen LogP contribution is 2.39. The van der Waals surface area contributed by atoms with Crippen LogP contribution in [0.15, 0.2) is 69.3 Å². The van der Waals surface area contributed by atoms with Crippen molar-refractivity contribution in [3.05, 3.63) is 70.5 Å². The van der Waals surface area contributed by atoms with E-state index in [-0.39, 0.29) is 16.1 Å². The molecule has 1 aliphatic rings. The van der Waals surface area contributed by atoms with Gasteiger partial charge < -0.3 is 9.84 Å². The van der Waals surface area contributed by atoms with E-state index in [0.29, 0.717) is 11.3 Å². The van der Waals surface area contributed by atoms with Crippen LogP contribution in [0.3, 0.4) is 0 Å². The van der Waals surface area contributed by atoms with Crippen LogP contribution in [0.5, 0.6) is 5.75 Å². The number of carbonyl (C=O) groups is 1. The molecule has 0 spiro atoms. The molecule has 2 heterocycles. The maximum Gasteiger partial charge on any atom is 0.338 e. The Bertz CT molecular complexity index is 1260. The molecule has 0 fully saturated rings. The second kappa shape index (κ2) is 5.82. The van der Waals surface area contributed by atoms with Crippen molar-refractivity contribution < 1.29 is 23.1 Å². The van der Waals surface area contributed by atoms with Gasteiger partial charge in [0, 0.05) is 11.6 Å². The lowest BCUT2D eigenvalue weighted by molar-refractivity contribution is 0.0691. The van der Waals surface area contributed by atoms with Crippen molar-refractivity contribution in [3.8, 4) is 22.6 Å². The molecule has 0 amide bonds. The summed E-state index contributed by atoms with van der Waals surface area (Å²) >= 11 is 0. The van der Waals surface area contributed by atoms with Crippen molar-refractivity contribution in [2.45, 2.75) is 9.92 Å². The van der Waals surface area contributed by atoms with E-state index in [0.717, 1.165) is 10.6 Å². The monoisotopic (exact) mass is 383 g/mol. The molecular weight excluding hydrogens is 370 g/mol. The number of aromatic carboxylic acids is 1. The fourth-order valence-electron chi connectivity index (χ4n) is 3.19. The van der Waals surface area contributed by atoms with E-state index in [4.69, 9.17) is 4.74 Å². The molecule has 1 aliphatic heterocycles. The van der Waals surface area contributed by atoms with E-state index in [1.807, 2.05) is 0 Å². The lowest BCUT2D eigenvalue weighted by Gasteiger charge is -2.10. The van der Waals surface area contributed by atoms with E-state index < -0.39 is 32.0 Å². The number of aromatic nitrogens is 1. The zero-order chi connectivity index (χ0) is 19.3. The van der Waals surface area contributed by atoms with Crippen molar-refractivity contribution in [1.82, 2.24) is 4.57 Å². The van der Waals surface area contributed by atoms with E-state index >= 15 is 0 Å². The molecule has 1 aromatic heterocycles. The summed E-state index contributed by atoms with van der Waals surface area (Å²) in [6.07, 6.45) is 0. The van der Waals surface area contributed by atoms with Crippen molar-refractivity contribution in [2.75, 3.05) is 7.11 Å². The predicted octanol–water partition coefficient (Wildman–Crippen LogP) is 2.36. The molecule has 3 aromatic rings. The predicted molar refractivity (Wildman–Crippen MR) is 96.4 cm³/mol. The Balaban J connectivity index is 2.19. The third-order valence-corrected chi connectivity index (χ3v) is 6.26. The number of ether oxygens (including phenoxy) is 1. The number of pyridine rings is 1. The molecule has 27 heavy (non-hydrogen) atoms. The third kappa shape index (κ3) is 2.37. The van der Waals surface area contributed by atoms with Crippen molar-refractivity contribution in [2.24, 2.45) is 0 Å². The van der Waals surface area contributed by atoms with Gasteiger partial charge in [-0.2, -0.15) is 0 Å². The van der Waals surface area contributed by atoms with Gasteiger partial charge in [-0.1, -0.05) is 30.3 Å². The molecule has 7 nitrogen and oxygen atoms in total. The lowest BCUT2D eigenvalue weighted by Crippen LogP contribution is -2.24. The summed E-state index contributed by atoms with van der Waals surface area (Å²) in [4.78, 5) is 24.8. The van der Waals surface area contributed by atoms with Gasteiger partial charge in [0.15, 0.2) is 5.03 Å². The molecule has 136 valence electrons. The minimum absolute atomic E-state index is 0.0784. The average Bonchev–Trinajstić information content (AvgIpc) is 2.90. The molecule has 0 saturated heterocycles. The van der Waals surface area contributed by atoms with Crippen LogP contribution in [-0.2, 0) is 9.84 Å². The highest BCUT2D eigenvalue weighted by Gasteiger charge is 2.39. The Kier molecular flexibility index (Phi) is 3.67. The number of hydrogen-bond acceptors (Lipinski definition) is 5. The second-order valence-corrected chi connectivity index (χ2v) is 7.76. The van der Waals surface area contributed by atoms with Gasteiger partial charge in [0.05, 0.1) is 23.3 Å². The van der Waals surface area contributed by atoms with Crippen LogP contribution in [0.1, 0.15) is 10.4 Å². The lowest BCUT2D eigenvalue weighted by atomic mass is 10.1. The Labute approximate surface area is 154 Å². The van der Waals surface area contributed by atoms with Gasteiger partial charge >= 0.3 is 5.97 Å². The number of nitrogens with zero attached hydrogens (tertiary/aromatic N) is 1. The van der Waals surface area contributed by atoms with Crippen LogP contribution in [0.25, 0.3) is 16.8 Å². The van der Waals surface area contributed by atoms with Crippen molar-refractivity contribution in [1.29, 1.82) is 0 Å². The summed E-state index contributed by atoms with van der Waals surface area (Å²) in [7, 11) is -2.75. The topological polar surface area (TPSA) is 103 Å². The number of benzene rings is 2. The zero-order valence-corrected chi connectivity index (χ0v) is 14.9. The summed E-state index contributed by atoms with van der Waals surface area (Å²) in [5.74, 6) is -1.08. The second-order valence-electron chi connectivity index (χ2n) is 5.93. The first-order valence-electron chi connectivity index (χ1n) is 7.88. The average molecular weight is 383 g/mol. The van der Waals surface area contributed by atoms with E-state index in [9.17, 15) is 23.1 Å².